The highest BCUT2D eigenvalue weighted by Crippen LogP contribution is 2.39. The van der Waals surface area contributed by atoms with Gasteiger partial charge in [-0.05, 0) is 49.9 Å². The van der Waals surface area contributed by atoms with E-state index in [1.807, 2.05) is 50.4 Å². The molecule has 1 aliphatic rings. The summed E-state index contributed by atoms with van der Waals surface area (Å²) in [6.07, 6.45) is -0.0218. The number of aromatic nitrogens is 1. The van der Waals surface area contributed by atoms with Crippen LogP contribution in [0.25, 0.3) is 11.3 Å². The van der Waals surface area contributed by atoms with Crippen molar-refractivity contribution in [3.05, 3.63) is 50.5 Å². The summed E-state index contributed by atoms with van der Waals surface area (Å²) in [7, 11) is 0. The first-order valence-electron chi connectivity index (χ1n) is 9.11. The summed E-state index contributed by atoms with van der Waals surface area (Å²) in [6.45, 7) is 5.92. The lowest BCUT2D eigenvalue weighted by Crippen LogP contribution is -2.47. The zero-order valence-electron chi connectivity index (χ0n) is 15.9. The average molecular weight is 413 g/mol. The van der Waals surface area contributed by atoms with Crippen LogP contribution in [-0.4, -0.2) is 29.3 Å². The number of fused-ring (bicyclic) bond motifs is 1. The van der Waals surface area contributed by atoms with Gasteiger partial charge in [-0.25, -0.2) is 4.98 Å². The standard InChI is InChI=1S/C21H20N2O3S2/c1-4-17-21(25)23(11-16(24)19-6-5-9-27-19)15-10-14(7-8-18(15)26-17)20-12(2)28-13(3)22-20/h5-10,17H,4,11H2,1-3H3. The number of hydrogen-bond acceptors (Lipinski definition) is 6. The maximum absolute atomic E-state index is 13.0. The normalized spacial score (nSPS) is 16.0. The number of hydrogen-bond donors (Lipinski definition) is 0. The van der Waals surface area contributed by atoms with E-state index < -0.39 is 6.10 Å². The minimum Gasteiger partial charge on any atom is -0.478 e. The lowest BCUT2D eigenvalue weighted by atomic mass is 10.1. The van der Waals surface area contributed by atoms with Crippen LogP contribution in [0, 0.1) is 13.8 Å². The van der Waals surface area contributed by atoms with Crippen LogP contribution < -0.4 is 9.64 Å². The van der Waals surface area contributed by atoms with Crippen molar-refractivity contribution in [1.82, 2.24) is 4.98 Å². The molecular weight excluding hydrogens is 392 g/mol. The third-order valence-corrected chi connectivity index (χ3v) is 6.50. The number of rotatable bonds is 5. The summed E-state index contributed by atoms with van der Waals surface area (Å²) < 4.78 is 5.90. The highest BCUT2D eigenvalue weighted by atomic mass is 32.1. The summed E-state index contributed by atoms with van der Waals surface area (Å²) in [5.41, 5.74) is 2.45. The Morgan fingerprint density at radius 1 is 1.29 bits per heavy atom. The largest absolute Gasteiger partial charge is 0.478 e. The van der Waals surface area contributed by atoms with Crippen LogP contribution >= 0.6 is 22.7 Å². The lowest BCUT2D eigenvalue weighted by Gasteiger charge is -2.34. The second kappa shape index (κ2) is 7.48. The van der Waals surface area contributed by atoms with Gasteiger partial charge >= 0.3 is 0 Å². The van der Waals surface area contributed by atoms with Crippen molar-refractivity contribution in [1.29, 1.82) is 0 Å². The van der Waals surface area contributed by atoms with Gasteiger partial charge in [-0.15, -0.1) is 22.7 Å². The van der Waals surface area contributed by atoms with E-state index in [-0.39, 0.29) is 18.2 Å². The van der Waals surface area contributed by atoms with Gasteiger partial charge < -0.3 is 4.74 Å². The minimum atomic E-state index is -0.572. The maximum atomic E-state index is 13.0. The number of benzene rings is 1. The van der Waals surface area contributed by atoms with Gasteiger partial charge in [-0.1, -0.05) is 13.0 Å². The third kappa shape index (κ3) is 3.36. The third-order valence-electron chi connectivity index (χ3n) is 4.71. The second-order valence-corrected chi connectivity index (χ2v) is 9.01. The molecule has 5 nitrogen and oxygen atoms in total. The summed E-state index contributed by atoms with van der Waals surface area (Å²) >= 11 is 3.03. The second-order valence-electron chi connectivity index (χ2n) is 6.66. The highest BCUT2D eigenvalue weighted by molar-refractivity contribution is 7.12. The van der Waals surface area contributed by atoms with Crippen molar-refractivity contribution in [3.63, 3.8) is 0 Å². The number of thiazole rings is 1. The van der Waals surface area contributed by atoms with Gasteiger partial charge in [0.1, 0.15) is 5.75 Å². The molecule has 0 saturated carbocycles. The molecule has 1 aromatic carbocycles. The van der Waals surface area contributed by atoms with Crippen molar-refractivity contribution in [2.24, 2.45) is 0 Å². The van der Waals surface area contributed by atoms with Crippen LogP contribution in [0.5, 0.6) is 5.75 Å². The summed E-state index contributed by atoms with van der Waals surface area (Å²) in [5, 5.41) is 2.86. The smallest absolute Gasteiger partial charge is 0.268 e. The highest BCUT2D eigenvalue weighted by Gasteiger charge is 2.35. The molecule has 1 amide bonds. The summed E-state index contributed by atoms with van der Waals surface area (Å²) in [4.78, 5) is 33.6. The number of carbonyl (C=O) groups is 2. The Morgan fingerprint density at radius 2 is 2.11 bits per heavy atom. The molecule has 144 valence electrons. The van der Waals surface area contributed by atoms with Crippen molar-refractivity contribution < 1.29 is 14.3 Å². The van der Waals surface area contributed by atoms with Crippen LogP contribution in [0.3, 0.4) is 0 Å². The number of Topliss-reactive ketones (excluding diaryl/α,β-unsaturated/α-hetero) is 1. The number of aryl methyl sites for hydroxylation is 2. The van der Waals surface area contributed by atoms with Crippen LogP contribution in [0.1, 0.15) is 32.9 Å². The first-order chi connectivity index (χ1) is 13.5. The van der Waals surface area contributed by atoms with Gasteiger partial charge in [-0.2, -0.15) is 0 Å². The van der Waals surface area contributed by atoms with Crippen molar-refractivity contribution >= 4 is 40.1 Å². The van der Waals surface area contributed by atoms with E-state index >= 15 is 0 Å². The molecule has 0 bridgehead atoms. The molecule has 0 radical (unpaired) electrons. The first-order valence-corrected chi connectivity index (χ1v) is 10.8. The molecule has 4 rings (SSSR count). The fourth-order valence-electron chi connectivity index (χ4n) is 3.35. The van der Waals surface area contributed by atoms with Gasteiger partial charge in [0.15, 0.2) is 11.9 Å². The Morgan fingerprint density at radius 3 is 2.75 bits per heavy atom. The Labute approximate surface area is 171 Å². The van der Waals surface area contributed by atoms with Gasteiger partial charge in [-0.3, -0.25) is 14.5 Å². The predicted octanol–water partition coefficient (Wildman–Crippen LogP) is 4.88. The molecule has 0 aliphatic carbocycles. The van der Waals surface area contributed by atoms with E-state index in [0.717, 1.165) is 21.1 Å². The molecule has 0 fully saturated rings. The lowest BCUT2D eigenvalue weighted by molar-refractivity contribution is -0.126. The molecular formula is C21H20N2O3S2. The Kier molecular flexibility index (Phi) is 5.03. The van der Waals surface area contributed by atoms with E-state index in [9.17, 15) is 9.59 Å². The van der Waals surface area contributed by atoms with Gasteiger partial charge in [0.2, 0.25) is 0 Å². The number of ether oxygens (including phenoxy) is 1. The number of anilines is 1. The molecule has 1 unspecified atom stereocenters. The Balaban J connectivity index is 1.75. The van der Waals surface area contributed by atoms with Crippen molar-refractivity contribution in [2.45, 2.75) is 33.3 Å². The van der Waals surface area contributed by atoms with Crippen molar-refractivity contribution in [3.8, 4) is 17.0 Å². The number of carbonyl (C=O) groups excluding carboxylic acids is 2. The minimum absolute atomic E-state index is 0.00470. The molecule has 2 aromatic heterocycles. The summed E-state index contributed by atoms with van der Waals surface area (Å²) in [5.74, 6) is 0.374. The predicted molar refractivity (Wildman–Crippen MR) is 113 cm³/mol. The van der Waals surface area contributed by atoms with Crippen molar-refractivity contribution in [2.75, 3.05) is 11.4 Å². The first kappa shape index (κ1) is 18.8. The van der Waals surface area contributed by atoms with E-state index in [2.05, 4.69) is 4.98 Å². The van der Waals surface area contributed by atoms with E-state index in [1.54, 1.807) is 22.3 Å². The Bertz CT molecular complexity index is 1040. The monoisotopic (exact) mass is 412 g/mol. The quantitative estimate of drug-likeness (QED) is 0.561. The van der Waals surface area contributed by atoms with Crippen LogP contribution in [0.15, 0.2) is 35.7 Å². The molecule has 3 heterocycles. The number of thiophene rings is 1. The van der Waals surface area contributed by atoms with Gasteiger partial charge in [0, 0.05) is 10.4 Å². The van der Waals surface area contributed by atoms with Gasteiger partial charge in [0.25, 0.3) is 5.91 Å². The zero-order valence-corrected chi connectivity index (χ0v) is 17.5. The SMILES string of the molecule is CCC1Oc2ccc(-c3nc(C)sc3C)cc2N(CC(=O)c2cccs2)C1=O. The van der Waals surface area contributed by atoms with E-state index in [4.69, 9.17) is 4.74 Å². The fraction of sp³-hybridized carbons (Fsp3) is 0.286. The molecule has 0 saturated heterocycles. The van der Waals surface area contributed by atoms with E-state index in [0.29, 0.717) is 22.7 Å². The molecule has 0 N–H and O–H groups in total. The average Bonchev–Trinajstić information content (AvgIpc) is 3.33. The molecule has 1 aliphatic heterocycles. The summed E-state index contributed by atoms with van der Waals surface area (Å²) in [6, 6.07) is 9.36. The number of amides is 1. The topological polar surface area (TPSA) is 59.5 Å². The maximum Gasteiger partial charge on any atom is 0.268 e. The molecule has 3 aromatic rings. The Hall–Kier alpha value is -2.51. The molecule has 1 atom stereocenters. The van der Waals surface area contributed by atoms with E-state index in [1.165, 1.54) is 11.3 Å². The number of nitrogens with zero attached hydrogens (tertiary/aromatic N) is 2. The molecule has 0 spiro atoms. The van der Waals surface area contributed by atoms with Crippen LogP contribution in [-0.2, 0) is 4.79 Å². The van der Waals surface area contributed by atoms with Crippen LogP contribution in [0.2, 0.25) is 0 Å². The van der Waals surface area contributed by atoms with Crippen LogP contribution in [0.4, 0.5) is 5.69 Å². The molecule has 28 heavy (non-hydrogen) atoms. The van der Waals surface area contributed by atoms with Gasteiger partial charge in [0.05, 0.1) is 27.8 Å². The zero-order chi connectivity index (χ0) is 19.8. The molecule has 7 heteroatoms. The fourth-order valence-corrected chi connectivity index (χ4v) is 4.85. The number of ketones is 1.